The van der Waals surface area contributed by atoms with Gasteiger partial charge in [-0.25, -0.2) is 8.78 Å². The first-order valence-corrected chi connectivity index (χ1v) is 11.8. The number of benzene rings is 3. The lowest BCUT2D eigenvalue weighted by molar-refractivity contribution is 0.0470. The van der Waals surface area contributed by atoms with Gasteiger partial charge < -0.3 is 25.7 Å². The van der Waals surface area contributed by atoms with E-state index in [0.29, 0.717) is 5.56 Å². The molecule has 1 amide bonds. The van der Waals surface area contributed by atoms with E-state index in [1.165, 1.54) is 19.2 Å². The second-order valence-electron chi connectivity index (χ2n) is 8.74. The zero-order valence-corrected chi connectivity index (χ0v) is 20.9. The van der Waals surface area contributed by atoms with Gasteiger partial charge in [-0.2, -0.15) is 0 Å². The lowest BCUT2D eigenvalue weighted by Gasteiger charge is -2.37. The maximum absolute atomic E-state index is 16.0. The molecule has 0 spiro atoms. The molecule has 0 aromatic heterocycles. The highest BCUT2D eigenvalue weighted by Crippen LogP contribution is 2.57. The Morgan fingerprint density at radius 1 is 1.17 bits per heavy atom. The molecule has 0 radical (unpaired) electrons. The smallest absolute Gasteiger partial charge is 0.249 e. The minimum absolute atomic E-state index is 0.0267. The fourth-order valence-electron chi connectivity index (χ4n) is 4.97. The third-order valence-corrected chi connectivity index (χ3v) is 7.01. The largest absolute Gasteiger partial charge is 0.488 e. The molecule has 3 aromatic carbocycles. The number of amides is 1. The lowest BCUT2D eigenvalue weighted by atomic mass is 9.74. The average Bonchev–Trinajstić information content (AvgIpc) is 3.14. The zero-order valence-electron chi connectivity index (χ0n) is 20.1. The van der Waals surface area contributed by atoms with Crippen LogP contribution in [0.5, 0.6) is 11.5 Å². The van der Waals surface area contributed by atoms with Crippen molar-refractivity contribution in [2.45, 2.75) is 31.4 Å². The number of hydrogen-bond donors (Lipinski definition) is 2. The molecule has 1 heterocycles. The van der Waals surface area contributed by atoms with E-state index in [-0.39, 0.29) is 46.4 Å². The van der Waals surface area contributed by atoms with E-state index in [2.05, 4.69) is 0 Å². The maximum atomic E-state index is 16.0. The van der Waals surface area contributed by atoms with Gasteiger partial charge >= 0.3 is 0 Å². The molecule has 0 fully saturated rings. The van der Waals surface area contributed by atoms with Crippen LogP contribution in [-0.4, -0.2) is 32.3 Å². The van der Waals surface area contributed by atoms with Crippen LogP contribution in [0.1, 0.15) is 41.3 Å². The first kappa shape index (κ1) is 25.9. The molecule has 0 saturated heterocycles. The fraction of sp³-hybridized carbons (Fsp3) is 0.296. The minimum atomic E-state index is -1.11. The number of methoxy groups -OCH3 is 1. The molecular weight excluding hydrogens is 490 g/mol. The molecule has 1 aliphatic rings. The van der Waals surface area contributed by atoms with Crippen molar-refractivity contribution < 1.29 is 27.8 Å². The normalized spacial score (nSPS) is 19.5. The third-order valence-electron chi connectivity index (χ3n) is 6.65. The highest BCUT2D eigenvalue weighted by Gasteiger charge is 2.52. The average molecular weight is 517 g/mol. The Morgan fingerprint density at radius 2 is 1.86 bits per heavy atom. The quantitative estimate of drug-likeness (QED) is 0.404. The van der Waals surface area contributed by atoms with E-state index in [9.17, 15) is 4.79 Å². The lowest BCUT2D eigenvalue weighted by Crippen LogP contribution is -2.49. The van der Waals surface area contributed by atoms with E-state index in [4.69, 9.17) is 37.3 Å². The van der Waals surface area contributed by atoms with Gasteiger partial charge in [0, 0.05) is 41.8 Å². The summed E-state index contributed by atoms with van der Waals surface area (Å²) < 4.78 is 48.0. The van der Waals surface area contributed by atoms with Gasteiger partial charge in [0.2, 0.25) is 5.91 Å². The number of rotatable bonds is 8. The van der Waals surface area contributed by atoms with Crippen LogP contribution in [0.2, 0.25) is 5.02 Å². The number of carbonyl (C=O) groups is 1. The predicted octanol–water partition coefficient (Wildman–Crippen LogP) is 5.15. The van der Waals surface area contributed by atoms with E-state index in [1.807, 2.05) is 37.3 Å². The summed E-state index contributed by atoms with van der Waals surface area (Å²) in [5.41, 5.74) is 11.7. The molecule has 9 heteroatoms. The van der Waals surface area contributed by atoms with Crippen molar-refractivity contribution in [3.63, 3.8) is 0 Å². The van der Waals surface area contributed by atoms with Crippen molar-refractivity contribution in [2.24, 2.45) is 11.5 Å². The standard InChI is InChI=1S/C27H27ClF2N2O4/c1-14-21-20(36-27(14,15(2)31)16-7-5-4-6-8-16)13-18(29)24(28)23(21)22-17(26(32)33)9-10-19(25(22)30)35-12-11-34-3/h4-10,13-15H,11-12,31H2,1-3H3,(H2,32,33). The Balaban J connectivity index is 2.01. The molecule has 6 nitrogen and oxygen atoms in total. The number of fused-ring (bicyclic) bond motifs is 1. The van der Waals surface area contributed by atoms with Gasteiger partial charge in [0.1, 0.15) is 18.2 Å². The Bertz CT molecular complexity index is 1300. The fourth-order valence-corrected chi connectivity index (χ4v) is 5.22. The van der Waals surface area contributed by atoms with Crippen LogP contribution in [0, 0.1) is 11.6 Å². The van der Waals surface area contributed by atoms with Crippen LogP contribution in [0.4, 0.5) is 8.78 Å². The van der Waals surface area contributed by atoms with E-state index in [1.54, 1.807) is 6.92 Å². The van der Waals surface area contributed by atoms with Gasteiger partial charge in [-0.3, -0.25) is 4.79 Å². The summed E-state index contributed by atoms with van der Waals surface area (Å²) in [6.07, 6.45) is 0. The van der Waals surface area contributed by atoms with Crippen molar-refractivity contribution in [1.82, 2.24) is 0 Å². The zero-order chi connectivity index (χ0) is 26.2. The molecule has 4 rings (SSSR count). The van der Waals surface area contributed by atoms with Crippen molar-refractivity contribution >= 4 is 17.5 Å². The van der Waals surface area contributed by atoms with Gasteiger partial charge in [0.05, 0.1) is 17.2 Å². The summed E-state index contributed by atoms with van der Waals surface area (Å²) in [6.45, 7) is 3.90. The summed E-state index contributed by atoms with van der Waals surface area (Å²) in [6, 6.07) is 12.5. The van der Waals surface area contributed by atoms with Crippen LogP contribution >= 0.6 is 11.6 Å². The van der Waals surface area contributed by atoms with Gasteiger partial charge in [-0.15, -0.1) is 0 Å². The van der Waals surface area contributed by atoms with Crippen molar-refractivity contribution in [3.05, 3.63) is 81.9 Å². The molecule has 3 aromatic rings. The number of nitrogens with two attached hydrogens (primary N) is 2. The van der Waals surface area contributed by atoms with Crippen molar-refractivity contribution in [3.8, 4) is 22.6 Å². The minimum Gasteiger partial charge on any atom is -0.488 e. The molecule has 3 atom stereocenters. The first-order chi connectivity index (χ1) is 17.1. The number of carbonyl (C=O) groups excluding carboxylic acids is 1. The summed E-state index contributed by atoms with van der Waals surface area (Å²) in [5, 5.41) is -0.367. The van der Waals surface area contributed by atoms with Crippen LogP contribution in [-0.2, 0) is 10.3 Å². The molecule has 36 heavy (non-hydrogen) atoms. The number of halogens is 3. The molecule has 1 aliphatic heterocycles. The number of primary amides is 1. The SMILES string of the molecule is COCCOc1ccc(C(N)=O)c(-c2c(Cl)c(F)cc3c2C(C)C(c2ccccc2)(C(C)N)O3)c1F. The maximum Gasteiger partial charge on any atom is 0.249 e. The highest BCUT2D eigenvalue weighted by molar-refractivity contribution is 6.34. The van der Waals surface area contributed by atoms with Crippen LogP contribution in [0.25, 0.3) is 11.1 Å². The van der Waals surface area contributed by atoms with Crippen LogP contribution < -0.4 is 20.9 Å². The monoisotopic (exact) mass is 516 g/mol. The number of ether oxygens (including phenoxy) is 3. The highest BCUT2D eigenvalue weighted by atomic mass is 35.5. The van der Waals surface area contributed by atoms with Crippen molar-refractivity contribution in [1.29, 1.82) is 0 Å². The Labute approximate surface area is 213 Å². The van der Waals surface area contributed by atoms with Crippen LogP contribution in [0.15, 0.2) is 48.5 Å². The second-order valence-corrected chi connectivity index (χ2v) is 9.11. The molecule has 0 aliphatic carbocycles. The summed E-state index contributed by atoms with van der Waals surface area (Å²) in [7, 11) is 1.48. The molecule has 3 unspecified atom stereocenters. The van der Waals surface area contributed by atoms with Gasteiger partial charge in [0.15, 0.2) is 17.2 Å². The Hall–Kier alpha value is -3.20. The van der Waals surface area contributed by atoms with Gasteiger partial charge in [-0.1, -0.05) is 48.9 Å². The second kappa shape index (κ2) is 10.0. The molecule has 0 bridgehead atoms. The van der Waals surface area contributed by atoms with Gasteiger partial charge in [0.25, 0.3) is 0 Å². The van der Waals surface area contributed by atoms with Crippen LogP contribution in [0.3, 0.4) is 0 Å². The summed E-state index contributed by atoms with van der Waals surface area (Å²) >= 11 is 6.48. The predicted molar refractivity (Wildman–Crippen MR) is 134 cm³/mol. The number of hydrogen-bond acceptors (Lipinski definition) is 5. The Kier molecular flexibility index (Phi) is 7.22. The molecule has 4 N–H and O–H groups in total. The summed E-state index contributed by atoms with van der Waals surface area (Å²) in [5.74, 6) is -3.17. The Morgan fingerprint density at radius 3 is 2.47 bits per heavy atom. The van der Waals surface area contributed by atoms with Crippen molar-refractivity contribution in [2.75, 3.05) is 20.3 Å². The van der Waals surface area contributed by atoms with E-state index < -0.39 is 35.1 Å². The topological polar surface area (TPSA) is 96.8 Å². The molecule has 0 saturated carbocycles. The van der Waals surface area contributed by atoms with E-state index in [0.717, 1.165) is 11.6 Å². The first-order valence-electron chi connectivity index (χ1n) is 11.4. The summed E-state index contributed by atoms with van der Waals surface area (Å²) in [4.78, 5) is 12.4. The van der Waals surface area contributed by atoms with E-state index >= 15 is 8.78 Å². The molecule has 190 valence electrons. The third kappa shape index (κ3) is 4.09. The van der Waals surface area contributed by atoms with Gasteiger partial charge in [-0.05, 0) is 24.6 Å². The molecular formula is C27H27ClF2N2O4.